The summed E-state index contributed by atoms with van der Waals surface area (Å²) in [7, 11) is 0. The average Bonchev–Trinajstić information content (AvgIpc) is 2.14. The van der Waals surface area contributed by atoms with Crippen molar-refractivity contribution in [2.24, 2.45) is 0 Å². The van der Waals surface area contributed by atoms with Crippen molar-refractivity contribution in [3.63, 3.8) is 0 Å². The fourth-order valence-electron chi connectivity index (χ4n) is 0.580. The maximum Gasteiger partial charge on any atom is 0.0175 e. The zero-order chi connectivity index (χ0) is 10.8. The number of halogens is 2. The fourth-order valence-corrected chi connectivity index (χ4v) is 0.997. The van der Waals surface area contributed by atoms with E-state index < -0.39 is 0 Å². The molecule has 0 aromatic rings. The normalized spacial score (nSPS) is 13.1. The second-order valence-electron chi connectivity index (χ2n) is 2.34. The summed E-state index contributed by atoms with van der Waals surface area (Å²) in [6.07, 6.45) is 15.1. The van der Waals surface area contributed by atoms with E-state index in [1.807, 2.05) is 42.5 Å². The molecular weight excluding hydrogens is 304 g/mol. The number of hydrogen-bond acceptors (Lipinski definition) is 0. The van der Waals surface area contributed by atoms with Gasteiger partial charge in [0.15, 0.2) is 0 Å². The Labute approximate surface area is 102 Å². The van der Waals surface area contributed by atoms with E-state index in [1.54, 1.807) is 6.08 Å². The van der Waals surface area contributed by atoms with Gasteiger partial charge in [-0.1, -0.05) is 75.4 Å². The predicted octanol–water partition coefficient (Wildman–Crippen LogP) is 5.03. The van der Waals surface area contributed by atoms with Crippen LogP contribution in [0.3, 0.4) is 0 Å². The minimum absolute atomic E-state index is 0.846. The van der Waals surface area contributed by atoms with Gasteiger partial charge in [0.2, 0.25) is 0 Å². The Morgan fingerprint density at radius 1 is 0.929 bits per heavy atom. The highest BCUT2D eigenvalue weighted by Gasteiger charge is 1.81. The fraction of sp³-hybridized carbons (Fsp3) is 0. The topological polar surface area (TPSA) is 0 Å². The summed E-state index contributed by atoms with van der Waals surface area (Å²) < 4.78 is 1.83. The van der Waals surface area contributed by atoms with E-state index in [4.69, 9.17) is 0 Å². The molecule has 0 aromatic carbocycles. The molecular formula is C12H12Br2. The maximum absolute atomic E-state index is 3.69. The standard InChI is InChI=1S/C12H12Br2/c1-3-4-5-6-7-8-12(14)10-9-11(2)13/h3-10H,1-2H2/b5-4-,7-6-,10-9-,12-8+. The Morgan fingerprint density at radius 2 is 1.57 bits per heavy atom. The van der Waals surface area contributed by atoms with Gasteiger partial charge in [-0.3, -0.25) is 0 Å². The van der Waals surface area contributed by atoms with Crippen molar-refractivity contribution in [3.05, 3.63) is 70.7 Å². The van der Waals surface area contributed by atoms with Crippen molar-refractivity contribution in [3.8, 4) is 0 Å². The summed E-state index contributed by atoms with van der Waals surface area (Å²) in [6.45, 7) is 7.26. The van der Waals surface area contributed by atoms with Crippen LogP contribution in [0.25, 0.3) is 0 Å². The summed E-state index contributed by atoms with van der Waals surface area (Å²) in [5.41, 5.74) is 0. The van der Waals surface area contributed by atoms with Crippen molar-refractivity contribution in [1.82, 2.24) is 0 Å². The van der Waals surface area contributed by atoms with Gasteiger partial charge in [-0.2, -0.15) is 0 Å². The Kier molecular flexibility index (Phi) is 8.59. The monoisotopic (exact) mass is 314 g/mol. The van der Waals surface area contributed by atoms with Gasteiger partial charge >= 0.3 is 0 Å². The first-order chi connectivity index (χ1) is 6.66. The van der Waals surface area contributed by atoms with Crippen LogP contribution in [-0.4, -0.2) is 0 Å². The quantitative estimate of drug-likeness (QED) is 0.624. The van der Waals surface area contributed by atoms with Crippen LogP contribution in [0.15, 0.2) is 70.7 Å². The van der Waals surface area contributed by atoms with E-state index in [9.17, 15) is 0 Å². The zero-order valence-corrected chi connectivity index (χ0v) is 11.0. The first-order valence-electron chi connectivity index (χ1n) is 4.01. The molecule has 0 radical (unpaired) electrons. The van der Waals surface area contributed by atoms with Crippen LogP contribution in [0.4, 0.5) is 0 Å². The zero-order valence-electron chi connectivity index (χ0n) is 7.79. The van der Waals surface area contributed by atoms with E-state index in [1.165, 1.54) is 0 Å². The molecule has 0 aromatic heterocycles. The summed E-state index contributed by atoms with van der Waals surface area (Å²) in [5, 5.41) is 0. The first-order valence-corrected chi connectivity index (χ1v) is 5.59. The third-order valence-corrected chi connectivity index (χ3v) is 1.94. The lowest BCUT2D eigenvalue weighted by molar-refractivity contribution is 1.83. The molecule has 0 rings (SSSR count). The lowest BCUT2D eigenvalue weighted by Crippen LogP contribution is -1.61. The number of hydrogen-bond donors (Lipinski definition) is 0. The molecule has 0 aliphatic rings. The highest BCUT2D eigenvalue weighted by molar-refractivity contribution is 9.12. The summed E-state index contributed by atoms with van der Waals surface area (Å²) in [4.78, 5) is 0. The van der Waals surface area contributed by atoms with E-state index in [-0.39, 0.29) is 0 Å². The minimum Gasteiger partial charge on any atom is -0.0991 e. The number of rotatable bonds is 5. The lowest BCUT2D eigenvalue weighted by atomic mass is 10.4. The second-order valence-corrected chi connectivity index (χ2v) is 4.27. The van der Waals surface area contributed by atoms with Gasteiger partial charge in [0.25, 0.3) is 0 Å². The second kappa shape index (κ2) is 8.97. The van der Waals surface area contributed by atoms with Crippen LogP contribution in [0.2, 0.25) is 0 Å². The highest BCUT2D eigenvalue weighted by Crippen LogP contribution is 2.10. The van der Waals surface area contributed by atoms with Crippen LogP contribution >= 0.6 is 31.9 Å². The molecule has 0 spiro atoms. The van der Waals surface area contributed by atoms with E-state index in [0.29, 0.717) is 0 Å². The SMILES string of the molecule is C=C\C=C/C=C\C=C(Br)/C=C\C(=C)Br. The molecule has 0 fully saturated rings. The highest BCUT2D eigenvalue weighted by atomic mass is 79.9. The van der Waals surface area contributed by atoms with Crippen molar-refractivity contribution in [2.75, 3.05) is 0 Å². The third-order valence-electron chi connectivity index (χ3n) is 1.15. The lowest BCUT2D eigenvalue weighted by Gasteiger charge is -1.85. The summed E-state index contributed by atoms with van der Waals surface area (Å²) >= 11 is 6.63. The largest absolute Gasteiger partial charge is 0.0991 e. The molecule has 0 nitrogen and oxygen atoms in total. The minimum atomic E-state index is 0.846. The van der Waals surface area contributed by atoms with Gasteiger partial charge < -0.3 is 0 Å². The van der Waals surface area contributed by atoms with Gasteiger partial charge in [-0.15, -0.1) is 0 Å². The predicted molar refractivity (Wildman–Crippen MR) is 72.7 cm³/mol. The van der Waals surface area contributed by atoms with Gasteiger partial charge in [0, 0.05) is 8.96 Å². The Hall–Kier alpha value is -0.600. The molecule has 14 heavy (non-hydrogen) atoms. The molecule has 0 amide bonds. The smallest absolute Gasteiger partial charge is 0.0175 e. The molecule has 0 saturated heterocycles. The van der Waals surface area contributed by atoms with E-state index >= 15 is 0 Å². The Balaban J connectivity index is 4.11. The summed E-state index contributed by atoms with van der Waals surface area (Å²) in [5.74, 6) is 0. The van der Waals surface area contributed by atoms with Crippen LogP contribution < -0.4 is 0 Å². The molecule has 0 atom stereocenters. The van der Waals surface area contributed by atoms with Gasteiger partial charge in [0.05, 0.1) is 0 Å². The molecule has 0 unspecified atom stereocenters. The molecule has 0 bridgehead atoms. The van der Waals surface area contributed by atoms with Crippen LogP contribution in [0, 0.1) is 0 Å². The Morgan fingerprint density at radius 3 is 2.14 bits per heavy atom. The van der Waals surface area contributed by atoms with Crippen molar-refractivity contribution in [1.29, 1.82) is 0 Å². The van der Waals surface area contributed by atoms with E-state index in [0.717, 1.165) is 8.96 Å². The van der Waals surface area contributed by atoms with Gasteiger partial charge in [-0.05, 0) is 18.2 Å². The van der Waals surface area contributed by atoms with Crippen LogP contribution in [-0.2, 0) is 0 Å². The first kappa shape index (κ1) is 13.4. The average molecular weight is 316 g/mol. The molecule has 0 aliphatic heterocycles. The van der Waals surface area contributed by atoms with Crippen LogP contribution in [0.1, 0.15) is 0 Å². The van der Waals surface area contributed by atoms with Crippen molar-refractivity contribution in [2.45, 2.75) is 0 Å². The molecule has 74 valence electrons. The summed E-state index contributed by atoms with van der Waals surface area (Å²) in [6, 6.07) is 0. The third kappa shape index (κ3) is 9.49. The Bertz CT molecular complexity index is 304. The van der Waals surface area contributed by atoms with Crippen molar-refractivity contribution < 1.29 is 0 Å². The maximum atomic E-state index is 3.69. The van der Waals surface area contributed by atoms with Crippen LogP contribution in [0.5, 0.6) is 0 Å². The molecule has 0 aliphatic carbocycles. The van der Waals surface area contributed by atoms with Gasteiger partial charge in [-0.25, -0.2) is 0 Å². The van der Waals surface area contributed by atoms with Crippen molar-refractivity contribution >= 4 is 31.9 Å². The number of allylic oxidation sites excluding steroid dienone is 10. The molecule has 0 N–H and O–H groups in total. The van der Waals surface area contributed by atoms with E-state index in [2.05, 4.69) is 45.0 Å². The molecule has 0 heterocycles. The molecule has 2 heteroatoms. The van der Waals surface area contributed by atoms with Gasteiger partial charge in [0.1, 0.15) is 0 Å². The molecule has 0 saturated carbocycles.